The van der Waals surface area contributed by atoms with Crippen LogP contribution in [0.1, 0.15) is 72.8 Å². The molecular formula is C17H31N3. The fourth-order valence-electron chi connectivity index (χ4n) is 3.24. The van der Waals surface area contributed by atoms with Crippen LogP contribution < -0.4 is 5.32 Å². The van der Waals surface area contributed by atoms with Crippen LogP contribution in [0.25, 0.3) is 0 Å². The summed E-state index contributed by atoms with van der Waals surface area (Å²) < 4.78 is 2.02. The molecule has 1 aromatic heterocycles. The van der Waals surface area contributed by atoms with Gasteiger partial charge in [-0.1, -0.05) is 27.2 Å². The van der Waals surface area contributed by atoms with E-state index in [-0.39, 0.29) is 0 Å². The fraction of sp³-hybridized carbons (Fsp3) is 0.824. The highest BCUT2D eigenvalue weighted by Gasteiger charge is 2.31. The van der Waals surface area contributed by atoms with Crippen molar-refractivity contribution in [1.29, 1.82) is 0 Å². The van der Waals surface area contributed by atoms with E-state index < -0.39 is 0 Å². The molecule has 0 radical (unpaired) electrons. The third-order valence-corrected chi connectivity index (χ3v) is 5.24. The molecule has 1 aromatic rings. The van der Waals surface area contributed by atoms with Crippen molar-refractivity contribution >= 4 is 5.69 Å². The number of aromatic nitrogens is 2. The van der Waals surface area contributed by atoms with E-state index in [0.29, 0.717) is 17.5 Å². The molecule has 1 N–H and O–H groups in total. The van der Waals surface area contributed by atoms with Gasteiger partial charge >= 0.3 is 0 Å². The van der Waals surface area contributed by atoms with E-state index in [9.17, 15) is 0 Å². The average Bonchev–Trinajstić information content (AvgIpc) is 2.88. The van der Waals surface area contributed by atoms with Crippen molar-refractivity contribution in [1.82, 2.24) is 9.78 Å². The molecule has 1 aliphatic rings. The van der Waals surface area contributed by atoms with Crippen molar-refractivity contribution in [2.75, 3.05) is 5.32 Å². The Labute approximate surface area is 124 Å². The number of anilines is 1. The highest BCUT2D eigenvalue weighted by Crippen LogP contribution is 2.40. The summed E-state index contributed by atoms with van der Waals surface area (Å²) in [4.78, 5) is 0. The molecule has 0 amide bonds. The molecule has 3 nitrogen and oxygen atoms in total. The van der Waals surface area contributed by atoms with Gasteiger partial charge in [-0.05, 0) is 50.9 Å². The number of hydrogen-bond donors (Lipinski definition) is 1. The first-order valence-electron chi connectivity index (χ1n) is 8.23. The Morgan fingerprint density at radius 1 is 1.30 bits per heavy atom. The minimum atomic E-state index is 0.437. The Hall–Kier alpha value is -0.990. The number of nitrogens with one attached hydrogen (secondary N) is 1. The molecule has 0 aliphatic heterocycles. The van der Waals surface area contributed by atoms with Crippen LogP contribution in [0.3, 0.4) is 0 Å². The molecule has 3 heteroatoms. The first-order chi connectivity index (χ1) is 9.42. The Balaban J connectivity index is 1.85. The summed E-state index contributed by atoms with van der Waals surface area (Å²) in [5, 5.41) is 8.07. The molecular weight excluding hydrogens is 246 g/mol. The van der Waals surface area contributed by atoms with Crippen LogP contribution in [0, 0.1) is 11.3 Å². The maximum atomic E-state index is 4.40. The Bertz CT molecular complexity index is 412. The molecule has 114 valence electrons. The van der Waals surface area contributed by atoms with Crippen LogP contribution in [0.2, 0.25) is 0 Å². The minimum Gasteiger partial charge on any atom is -0.380 e. The number of hydrogen-bond acceptors (Lipinski definition) is 2. The summed E-state index contributed by atoms with van der Waals surface area (Å²) in [5.41, 5.74) is 1.69. The van der Waals surface area contributed by atoms with Crippen LogP contribution in [-0.4, -0.2) is 15.8 Å². The zero-order valence-corrected chi connectivity index (χ0v) is 13.8. The van der Waals surface area contributed by atoms with Crippen molar-refractivity contribution in [3.05, 3.63) is 12.4 Å². The molecule has 0 atom stereocenters. The van der Waals surface area contributed by atoms with E-state index in [2.05, 4.69) is 51.2 Å². The van der Waals surface area contributed by atoms with Gasteiger partial charge in [0.15, 0.2) is 0 Å². The molecule has 0 aromatic carbocycles. The lowest BCUT2D eigenvalue weighted by Crippen LogP contribution is -2.32. The molecule has 2 rings (SSSR count). The molecule has 0 saturated heterocycles. The quantitative estimate of drug-likeness (QED) is 0.832. The molecule has 0 bridgehead atoms. The van der Waals surface area contributed by atoms with Crippen LogP contribution in [0.15, 0.2) is 12.4 Å². The van der Waals surface area contributed by atoms with E-state index in [1.165, 1.54) is 37.8 Å². The van der Waals surface area contributed by atoms with E-state index in [4.69, 9.17) is 0 Å². The SMILES string of the molecule is CCC(C)(C)C1CCC(Nc2cnn(C(C)C)c2)CC1. The third kappa shape index (κ3) is 3.56. The first-order valence-corrected chi connectivity index (χ1v) is 8.23. The van der Waals surface area contributed by atoms with Gasteiger partial charge in [0.25, 0.3) is 0 Å². The second kappa shape index (κ2) is 6.19. The summed E-state index contributed by atoms with van der Waals surface area (Å²) in [6, 6.07) is 1.07. The van der Waals surface area contributed by atoms with Crippen molar-refractivity contribution in [3.8, 4) is 0 Å². The van der Waals surface area contributed by atoms with Gasteiger partial charge in [0.2, 0.25) is 0 Å². The molecule has 1 saturated carbocycles. The summed E-state index contributed by atoms with van der Waals surface area (Å²) in [6.07, 6.45) is 10.7. The summed E-state index contributed by atoms with van der Waals surface area (Å²) in [7, 11) is 0. The highest BCUT2D eigenvalue weighted by molar-refractivity contribution is 5.39. The summed E-state index contributed by atoms with van der Waals surface area (Å²) in [5.74, 6) is 0.893. The second-order valence-corrected chi connectivity index (χ2v) is 7.34. The van der Waals surface area contributed by atoms with E-state index in [1.807, 2.05) is 10.9 Å². The van der Waals surface area contributed by atoms with Gasteiger partial charge in [0.05, 0.1) is 11.9 Å². The summed E-state index contributed by atoms with van der Waals surface area (Å²) in [6.45, 7) is 11.5. The lowest BCUT2D eigenvalue weighted by molar-refractivity contribution is 0.147. The van der Waals surface area contributed by atoms with E-state index in [0.717, 1.165) is 5.92 Å². The van der Waals surface area contributed by atoms with Crippen LogP contribution in [0.5, 0.6) is 0 Å². The topological polar surface area (TPSA) is 29.9 Å². The van der Waals surface area contributed by atoms with Crippen LogP contribution in [-0.2, 0) is 0 Å². The number of nitrogens with zero attached hydrogens (tertiary/aromatic N) is 2. The number of rotatable bonds is 5. The zero-order valence-electron chi connectivity index (χ0n) is 13.8. The highest BCUT2D eigenvalue weighted by atomic mass is 15.3. The largest absolute Gasteiger partial charge is 0.380 e. The molecule has 1 aliphatic carbocycles. The van der Waals surface area contributed by atoms with Gasteiger partial charge in [-0.3, -0.25) is 4.68 Å². The molecule has 20 heavy (non-hydrogen) atoms. The van der Waals surface area contributed by atoms with Gasteiger partial charge < -0.3 is 5.32 Å². The third-order valence-electron chi connectivity index (χ3n) is 5.24. The van der Waals surface area contributed by atoms with Gasteiger partial charge in [-0.2, -0.15) is 5.10 Å². The van der Waals surface area contributed by atoms with Crippen molar-refractivity contribution in [2.24, 2.45) is 11.3 Å². The fourth-order valence-corrected chi connectivity index (χ4v) is 3.24. The lowest BCUT2D eigenvalue weighted by Gasteiger charge is -2.39. The van der Waals surface area contributed by atoms with Crippen LogP contribution >= 0.6 is 0 Å². The molecule has 1 heterocycles. The molecule has 1 fully saturated rings. The maximum absolute atomic E-state index is 4.40. The van der Waals surface area contributed by atoms with Crippen LogP contribution in [0.4, 0.5) is 5.69 Å². The predicted molar refractivity (Wildman–Crippen MR) is 86.1 cm³/mol. The molecule has 0 spiro atoms. The standard InChI is InChI=1S/C17H31N3/c1-6-17(4,5)14-7-9-15(10-8-14)19-16-11-18-20(12-16)13(2)3/h11-15,19H,6-10H2,1-5H3. The maximum Gasteiger partial charge on any atom is 0.0728 e. The Kier molecular flexibility index (Phi) is 4.77. The summed E-state index contributed by atoms with van der Waals surface area (Å²) >= 11 is 0. The average molecular weight is 277 g/mol. The van der Waals surface area contributed by atoms with E-state index in [1.54, 1.807) is 0 Å². The minimum absolute atomic E-state index is 0.437. The molecule has 0 unspecified atom stereocenters. The monoisotopic (exact) mass is 277 g/mol. The van der Waals surface area contributed by atoms with Gasteiger partial charge in [0.1, 0.15) is 0 Å². The van der Waals surface area contributed by atoms with Crippen molar-refractivity contribution in [2.45, 2.75) is 78.8 Å². The Morgan fingerprint density at radius 3 is 2.45 bits per heavy atom. The van der Waals surface area contributed by atoms with Gasteiger partial charge in [-0.15, -0.1) is 0 Å². The Morgan fingerprint density at radius 2 is 1.95 bits per heavy atom. The van der Waals surface area contributed by atoms with Crippen molar-refractivity contribution < 1.29 is 0 Å². The lowest BCUT2D eigenvalue weighted by atomic mass is 9.69. The van der Waals surface area contributed by atoms with E-state index >= 15 is 0 Å². The second-order valence-electron chi connectivity index (χ2n) is 7.34. The van der Waals surface area contributed by atoms with Gasteiger partial charge in [-0.25, -0.2) is 0 Å². The predicted octanol–water partition coefficient (Wildman–Crippen LogP) is 4.87. The first kappa shape index (κ1) is 15.4. The van der Waals surface area contributed by atoms with Crippen molar-refractivity contribution in [3.63, 3.8) is 0 Å². The normalized spacial score (nSPS) is 24.1. The van der Waals surface area contributed by atoms with Gasteiger partial charge in [0, 0.05) is 18.3 Å². The zero-order chi connectivity index (χ0) is 14.8. The smallest absolute Gasteiger partial charge is 0.0728 e.